The zero-order valence-electron chi connectivity index (χ0n) is 9.74. The second-order valence-corrected chi connectivity index (χ2v) is 6.82. The number of aromatic nitrogens is 1. The number of nitrogens with zero attached hydrogens (tertiary/aromatic N) is 1. The number of sulfonamides is 1. The van der Waals surface area contributed by atoms with Crippen molar-refractivity contribution in [1.82, 2.24) is 9.71 Å². The molecular weight excluding hydrogens is 302 g/mol. The summed E-state index contributed by atoms with van der Waals surface area (Å²) in [6.45, 7) is 0.178. The lowest BCUT2D eigenvalue weighted by molar-refractivity contribution is 0.581. The van der Waals surface area contributed by atoms with Gasteiger partial charge in [0.1, 0.15) is 10.00 Å². The first-order valence-corrected chi connectivity index (χ1v) is 8.04. The number of thiocarbonyl (C=S) groups is 1. The minimum Gasteiger partial charge on any atom is -0.389 e. The quantitative estimate of drug-likeness (QED) is 0.812. The van der Waals surface area contributed by atoms with E-state index >= 15 is 0 Å². The van der Waals surface area contributed by atoms with E-state index in [1.807, 2.05) is 0 Å². The van der Waals surface area contributed by atoms with Gasteiger partial charge in [0, 0.05) is 17.1 Å². The van der Waals surface area contributed by atoms with Crippen molar-refractivity contribution < 1.29 is 8.42 Å². The van der Waals surface area contributed by atoms with Crippen LogP contribution in [0, 0.1) is 0 Å². The van der Waals surface area contributed by atoms with Crippen LogP contribution in [-0.4, -0.2) is 18.4 Å². The number of rotatable bonds is 5. The van der Waals surface area contributed by atoms with E-state index in [9.17, 15) is 8.42 Å². The molecule has 100 valence electrons. The van der Waals surface area contributed by atoms with Gasteiger partial charge in [0.2, 0.25) is 10.0 Å². The Morgan fingerprint density at radius 2 is 2.05 bits per heavy atom. The molecule has 0 aliphatic heterocycles. The fourth-order valence-corrected chi connectivity index (χ4v) is 3.15. The van der Waals surface area contributed by atoms with E-state index in [1.54, 1.807) is 23.7 Å². The lowest BCUT2D eigenvalue weighted by Gasteiger charge is -2.06. The average Bonchev–Trinajstić information content (AvgIpc) is 2.90. The van der Waals surface area contributed by atoms with Crippen LogP contribution in [0.5, 0.6) is 0 Å². The minimum absolute atomic E-state index is 0.170. The molecule has 0 atom stereocenters. The van der Waals surface area contributed by atoms with Gasteiger partial charge in [-0.05, 0) is 12.1 Å². The Morgan fingerprint density at radius 1 is 1.37 bits per heavy atom. The maximum absolute atomic E-state index is 12.0. The van der Waals surface area contributed by atoms with Crippen LogP contribution in [0.15, 0.2) is 40.7 Å². The van der Waals surface area contributed by atoms with Crippen LogP contribution in [0.4, 0.5) is 0 Å². The van der Waals surface area contributed by atoms with E-state index in [4.69, 9.17) is 18.0 Å². The molecule has 1 heterocycles. The maximum atomic E-state index is 12.0. The van der Waals surface area contributed by atoms with Crippen molar-refractivity contribution in [2.45, 2.75) is 11.4 Å². The van der Waals surface area contributed by atoms with Crippen LogP contribution in [0.2, 0.25) is 0 Å². The van der Waals surface area contributed by atoms with Crippen LogP contribution in [-0.2, 0) is 16.6 Å². The highest BCUT2D eigenvalue weighted by atomic mass is 32.2. The third-order valence-electron chi connectivity index (χ3n) is 2.35. The first kappa shape index (κ1) is 14.1. The number of nitrogens with one attached hydrogen (secondary N) is 1. The Morgan fingerprint density at radius 3 is 2.58 bits per heavy atom. The molecule has 2 aromatic rings. The van der Waals surface area contributed by atoms with Gasteiger partial charge in [-0.2, -0.15) is 0 Å². The molecule has 0 aliphatic rings. The van der Waals surface area contributed by atoms with Crippen molar-refractivity contribution in [2.75, 3.05) is 0 Å². The highest BCUT2D eigenvalue weighted by Crippen LogP contribution is 2.12. The van der Waals surface area contributed by atoms with Crippen molar-refractivity contribution >= 4 is 38.6 Å². The molecule has 0 bridgehead atoms. The summed E-state index contributed by atoms with van der Waals surface area (Å²) in [4.78, 5) is 4.41. The monoisotopic (exact) mass is 313 g/mol. The number of thiazole rings is 1. The minimum atomic E-state index is -3.55. The van der Waals surface area contributed by atoms with Gasteiger partial charge in [0.25, 0.3) is 0 Å². The van der Waals surface area contributed by atoms with Gasteiger partial charge in [0.05, 0.1) is 11.4 Å². The zero-order valence-corrected chi connectivity index (χ0v) is 12.2. The van der Waals surface area contributed by atoms with E-state index in [1.165, 1.54) is 23.5 Å². The van der Waals surface area contributed by atoms with Gasteiger partial charge in [0.15, 0.2) is 0 Å². The first-order valence-electron chi connectivity index (χ1n) is 5.27. The molecule has 1 aromatic heterocycles. The molecule has 8 heteroatoms. The number of benzene rings is 1. The molecule has 0 spiro atoms. The van der Waals surface area contributed by atoms with Crippen molar-refractivity contribution in [3.8, 4) is 0 Å². The fourth-order valence-electron chi connectivity index (χ4n) is 1.38. The third kappa shape index (κ3) is 3.57. The second kappa shape index (κ2) is 5.74. The number of nitrogens with two attached hydrogens (primary N) is 1. The Bertz CT molecular complexity index is 664. The SMILES string of the molecule is NC(=S)c1ccc(S(=O)(=O)NCc2nccs2)cc1. The van der Waals surface area contributed by atoms with Crippen LogP contribution in [0.1, 0.15) is 10.6 Å². The Balaban J connectivity index is 2.13. The smallest absolute Gasteiger partial charge is 0.240 e. The van der Waals surface area contributed by atoms with E-state index in [0.29, 0.717) is 10.6 Å². The molecule has 0 amide bonds. The van der Waals surface area contributed by atoms with E-state index in [-0.39, 0.29) is 16.4 Å². The number of hydrogen-bond donors (Lipinski definition) is 2. The lowest BCUT2D eigenvalue weighted by atomic mass is 10.2. The van der Waals surface area contributed by atoms with Gasteiger partial charge in [-0.15, -0.1) is 11.3 Å². The van der Waals surface area contributed by atoms with Crippen LogP contribution in [0.3, 0.4) is 0 Å². The molecule has 3 N–H and O–H groups in total. The third-order valence-corrected chi connectivity index (χ3v) is 4.78. The van der Waals surface area contributed by atoms with Crippen molar-refractivity contribution in [1.29, 1.82) is 0 Å². The summed E-state index contributed by atoms with van der Waals surface area (Å²) in [5.74, 6) is 0. The summed E-state index contributed by atoms with van der Waals surface area (Å²) < 4.78 is 26.5. The largest absolute Gasteiger partial charge is 0.389 e. The molecule has 5 nitrogen and oxygen atoms in total. The van der Waals surface area contributed by atoms with E-state index in [2.05, 4.69) is 9.71 Å². The van der Waals surface area contributed by atoms with Crippen molar-refractivity contribution in [2.24, 2.45) is 5.73 Å². The topological polar surface area (TPSA) is 85.1 Å². The van der Waals surface area contributed by atoms with Gasteiger partial charge in [-0.1, -0.05) is 24.4 Å². The molecule has 0 aliphatic carbocycles. The molecule has 1 aromatic carbocycles. The van der Waals surface area contributed by atoms with Crippen molar-refractivity contribution in [3.05, 3.63) is 46.4 Å². The maximum Gasteiger partial charge on any atom is 0.240 e. The molecule has 2 rings (SSSR count). The molecule has 0 radical (unpaired) electrons. The standard InChI is InChI=1S/C11H11N3O2S3/c12-11(17)8-1-3-9(4-2-8)19(15,16)14-7-10-13-5-6-18-10/h1-6,14H,7H2,(H2,12,17). The fraction of sp³-hybridized carbons (Fsp3) is 0.0909. The van der Waals surface area contributed by atoms with Crippen molar-refractivity contribution in [3.63, 3.8) is 0 Å². The van der Waals surface area contributed by atoms with E-state index in [0.717, 1.165) is 0 Å². The van der Waals surface area contributed by atoms with Crippen LogP contribution < -0.4 is 10.5 Å². The Kier molecular flexibility index (Phi) is 4.25. The van der Waals surface area contributed by atoms with Gasteiger partial charge < -0.3 is 5.73 Å². The molecule has 0 saturated carbocycles. The summed E-state index contributed by atoms with van der Waals surface area (Å²) in [5, 5.41) is 2.50. The van der Waals surface area contributed by atoms with Gasteiger partial charge >= 0.3 is 0 Å². The predicted molar refractivity (Wildman–Crippen MR) is 78.5 cm³/mol. The lowest BCUT2D eigenvalue weighted by Crippen LogP contribution is -2.23. The normalized spacial score (nSPS) is 11.4. The summed E-state index contributed by atoms with van der Waals surface area (Å²) in [6, 6.07) is 6.11. The zero-order chi connectivity index (χ0) is 13.9. The van der Waals surface area contributed by atoms with Gasteiger partial charge in [-0.25, -0.2) is 18.1 Å². The van der Waals surface area contributed by atoms with Gasteiger partial charge in [-0.3, -0.25) is 0 Å². The number of hydrogen-bond acceptors (Lipinski definition) is 5. The Hall–Kier alpha value is -1.35. The molecular formula is C11H11N3O2S3. The summed E-state index contributed by atoms with van der Waals surface area (Å²) in [5.41, 5.74) is 6.09. The predicted octanol–water partition coefficient (Wildman–Crippen LogP) is 1.26. The van der Waals surface area contributed by atoms with E-state index < -0.39 is 10.0 Å². The molecule has 19 heavy (non-hydrogen) atoms. The first-order chi connectivity index (χ1) is 8.99. The van der Waals surface area contributed by atoms with Crippen LogP contribution in [0.25, 0.3) is 0 Å². The summed E-state index contributed by atoms with van der Waals surface area (Å²) in [7, 11) is -3.55. The highest BCUT2D eigenvalue weighted by Gasteiger charge is 2.14. The van der Waals surface area contributed by atoms with Crippen LogP contribution >= 0.6 is 23.6 Å². The summed E-state index contributed by atoms with van der Waals surface area (Å²) in [6.07, 6.45) is 1.63. The Labute approximate surface area is 120 Å². The summed E-state index contributed by atoms with van der Waals surface area (Å²) >= 11 is 6.20. The molecule has 0 saturated heterocycles. The average molecular weight is 313 g/mol. The second-order valence-electron chi connectivity index (χ2n) is 3.64. The molecule has 0 unspecified atom stereocenters. The highest BCUT2D eigenvalue weighted by molar-refractivity contribution is 7.89. The molecule has 0 fully saturated rings.